The Hall–Kier alpha value is -1.31. The van der Waals surface area contributed by atoms with Crippen molar-refractivity contribution in [2.45, 2.75) is 11.4 Å². The van der Waals surface area contributed by atoms with Crippen LogP contribution in [0.25, 0.3) is 0 Å². The Kier molecular flexibility index (Phi) is 4.05. The van der Waals surface area contributed by atoms with Crippen LogP contribution in [0.3, 0.4) is 0 Å². The minimum Gasteiger partial charge on any atom is -0.207 e. The second kappa shape index (κ2) is 5.55. The third-order valence-corrected chi connectivity index (χ3v) is 4.61. The molecule has 0 amide bonds. The van der Waals surface area contributed by atoms with E-state index < -0.39 is 10.0 Å². The van der Waals surface area contributed by atoms with E-state index in [1.165, 1.54) is 12.3 Å². The van der Waals surface area contributed by atoms with Crippen molar-refractivity contribution in [3.05, 3.63) is 52.8 Å². The lowest BCUT2D eigenvalue weighted by Gasteiger charge is -2.07. The summed E-state index contributed by atoms with van der Waals surface area (Å²) >= 11 is 3.21. The van der Waals surface area contributed by atoms with Crippen LogP contribution >= 0.6 is 15.9 Å². The maximum atomic E-state index is 12.0. The molecule has 2 aromatic rings. The van der Waals surface area contributed by atoms with Gasteiger partial charge in [0.1, 0.15) is 0 Å². The third kappa shape index (κ3) is 3.12. The van der Waals surface area contributed by atoms with Crippen LogP contribution in [0.1, 0.15) is 5.69 Å². The number of rotatable bonds is 4. The van der Waals surface area contributed by atoms with E-state index in [2.05, 4.69) is 30.8 Å². The molecule has 2 rings (SSSR count). The Labute approximate surface area is 113 Å². The first kappa shape index (κ1) is 13.1. The molecule has 0 atom stereocenters. The van der Waals surface area contributed by atoms with Gasteiger partial charge in [-0.05, 0) is 40.2 Å². The molecule has 1 aromatic carbocycles. The van der Waals surface area contributed by atoms with Gasteiger partial charge in [-0.1, -0.05) is 12.1 Å². The van der Waals surface area contributed by atoms with E-state index in [-0.39, 0.29) is 11.4 Å². The maximum Gasteiger partial charge on any atom is 0.242 e. The largest absolute Gasteiger partial charge is 0.242 e. The number of halogens is 1. The number of benzene rings is 1. The molecular weight excluding hydrogens is 318 g/mol. The summed E-state index contributed by atoms with van der Waals surface area (Å²) in [6.45, 7) is 0.109. The molecule has 0 unspecified atom stereocenters. The number of aromatic nitrogens is 2. The van der Waals surface area contributed by atoms with E-state index in [0.717, 1.165) is 0 Å². The zero-order valence-electron chi connectivity index (χ0n) is 9.25. The van der Waals surface area contributed by atoms with Gasteiger partial charge in [-0.25, -0.2) is 13.1 Å². The Bertz CT molecular complexity index is 632. The van der Waals surface area contributed by atoms with Gasteiger partial charge in [-0.2, -0.15) is 10.2 Å². The second-order valence-electron chi connectivity index (χ2n) is 3.47. The molecule has 0 fully saturated rings. The molecule has 0 spiro atoms. The zero-order valence-corrected chi connectivity index (χ0v) is 11.6. The van der Waals surface area contributed by atoms with Crippen LogP contribution in [0.15, 0.2) is 52.0 Å². The average molecular weight is 328 g/mol. The summed E-state index contributed by atoms with van der Waals surface area (Å²) in [5.41, 5.74) is 0.563. The predicted octanol–water partition coefficient (Wildman–Crippen LogP) is 1.72. The van der Waals surface area contributed by atoms with Gasteiger partial charge in [-0.3, -0.25) is 0 Å². The van der Waals surface area contributed by atoms with Gasteiger partial charge in [0.05, 0.1) is 17.1 Å². The maximum absolute atomic E-state index is 12.0. The van der Waals surface area contributed by atoms with Gasteiger partial charge in [-0.15, -0.1) is 0 Å². The molecule has 1 aromatic heterocycles. The Morgan fingerprint density at radius 1 is 1.17 bits per heavy atom. The van der Waals surface area contributed by atoms with Crippen molar-refractivity contribution < 1.29 is 8.42 Å². The monoisotopic (exact) mass is 327 g/mol. The standard InChI is InChI=1S/C11H10BrN3O2S/c12-10-5-1-2-6-11(10)18(16,17)14-8-9-4-3-7-13-15-9/h1-7,14H,8H2. The molecule has 1 heterocycles. The van der Waals surface area contributed by atoms with E-state index in [1.54, 1.807) is 30.3 Å². The van der Waals surface area contributed by atoms with E-state index in [4.69, 9.17) is 0 Å². The summed E-state index contributed by atoms with van der Waals surface area (Å²) in [7, 11) is -3.55. The van der Waals surface area contributed by atoms with Gasteiger partial charge < -0.3 is 0 Å². The summed E-state index contributed by atoms with van der Waals surface area (Å²) < 4.78 is 27.1. The van der Waals surface area contributed by atoms with Crippen LogP contribution in [0.2, 0.25) is 0 Å². The van der Waals surface area contributed by atoms with Crippen LogP contribution in [-0.4, -0.2) is 18.6 Å². The molecule has 0 saturated heterocycles. The molecule has 94 valence electrons. The van der Waals surface area contributed by atoms with Gasteiger partial charge in [0.25, 0.3) is 0 Å². The van der Waals surface area contributed by atoms with Crippen molar-refractivity contribution in [2.75, 3.05) is 0 Å². The molecule has 5 nitrogen and oxygen atoms in total. The summed E-state index contributed by atoms with van der Waals surface area (Å²) in [5, 5.41) is 7.49. The summed E-state index contributed by atoms with van der Waals surface area (Å²) in [4.78, 5) is 0.203. The van der Waals surface area contributed by atoms with Crippen molar-refractivity contribution in [2.24, 2.45) is 0 Å². The van der Waals surface area contributed by atoms with E-state index >= 15 is 0 Å². The highest BCUT2D eigenvalue weighted by Gasteiger charge is 2.16. The van der Waals surface area contributed by atoms with E-state index in [1.807, 2.05) is 0 Å². The van der Waals surface area contributed by atoms with E-state index in [9.17, 15) is 8.42 Å². The first-order chi connectivity index (χ1) is 8.59. The Morgan fingerprint density at radius 3 is 2.61 bits per heavy atom. The quantitative estimate of drug-likeness (QED) is 0.928. The molecule has 0 aliphatic carbocycles. The minimum atomic E-state index is -3.55. The fraction of sp³-hybridized carbons (Fsp3) is 0.0909. The van der Waals surface area contributed by atoms with Gasteiger partial charge in [0.2, 0.25) is 10.0 Å². The minimum absolute atomic E-state index is 0.109. The first-order valence-corrected chi connectivity index (χ1v) is 7.38. The van der Waals surface area contributed by atoms with Crippen LogP contribution in [-0.2, 0) is 16.6 Å². The van der Waals surface area contributed by atoms with Crippen molar-refractivity contribution in [3.63, 3.8) is 0 Å². The molecule has 7 heteroatoms. The lowest BCUT2D eigenvalue weighted by Crippen LogP contribution is -2.24. The first-order valence-electron chi connectivity index (χ1n) is 5.10. The SMILES string of the molecule is O=S(=O)(NCc1cccnn1)c1ccccc1Br. The topological polar surface area (TPSA) is 72.0 Å². The fourth-order valence-electron chi connectivity index (χ4n) is 1.34. The normalized spacial score (nSPS) is 11.4. The highest BCUT2D eigenvalue weighted by Crippen LogP contribution is 2.20. The van der Waals surface area contributed by atoms with Crippen LogP contribution < -0.4 is 4.72 Å². The third-order valence-electron chi connectivity index (χ3n) is 2.20. The highest BCUT2D eigenvalue weighted by molar-refractivity contribution is 9.10. The molecule has 0 aliphatic heterocycles. The van der Waals surface area contributed by atoms with Gasteiger partial charge in [0.15, 0.2) is 0 Å². The number of sulfonamides is 1. The van der Waals surface area contributed by atoms with Crippen molar-refractivity contribution >= 4 is 26.0 Å². The van der Waals surface area contributed by atoms with Crippen LogP contribution in [0.4, 0.5) is 0 Å². The molecular formula is C11H10BrN3O2S. The molecule has 1 N–H and O–H groups in total. The van der Waals surface area contributed by atoms with Gasteiger partial charge >= 0.3 is 0 Å². The average Bonchev–Trinajstić information content (AvgIpc) is 2.38. The highest BCUT2D eigenvalue weighted by atomic mass is 79.9. The van der Waals surface area contributed by atoms with Gasteiger partial charge in [0, 0.05) is 10.7 Å². The number of hydrogen-bond donors (Lipinski definition) is 1. The van der Waals surface area contributed by atoms with Crippen LogP contribution in [0, 0.1) is 0 Å². The molecule has 0 bridgehead atoms. The molecule has 0 radical (unpaired) electrons. The molecule has 18 heavy (non-hydrogen) atoms. The number of nitrogens with zero attached hydrogens (tertiary/aromatic N) is 2. The molecule has 0 aliphatic rings. The van der Waals surface area contributed by atoms with Crippen LogP contribution in [0.5, 0.6) is 0 Å². The smallest absolute Gasteiger partial charge is 0.207 e. The van der Waals surface area contributed by atoms with Crippen molar-refractivity contribution in [1.29, 1.82) is 0 Å². The number of nitrogens with one attached hydrogen (secondary N) is 1. The lowest BCUT2D eigenvalue weighted by molar-refractivity contribution is 0.579. The molecule has 0 saturated carbocycles. The predicted molar refractivity (Wildman–Crippen MR) is 70.2 cm³/mol. The van der Waals surface area contributed by atoms with E-state index in [0.29, 0.717) is 10.2 Å². The van der Waals surface area contributed by atoms with Crippen molar-refractivity contribution in [1.82, 2.24) is 14.9 Å². The Morgan fingerprint density at radius 2 is 1.94 bits per heavy atom. The second-order valence-corrected chi connectivity index (χ2v) is 6.06. The summed E-state index contributed by atoms with van der Waals surface area (Å²) in [6.07, 6.45) is 1.53. The lowest BCUT2D eigenvalue weighted by atomic mass is 10.4. The summed E-state index contributed by atoms with van der Waals surface area (Å²) in [6, 6.07) is 10.0. The summed E-state index contributed by atoms with van der Waals surface area (Å²) in [5.74, 6) is 0. The number of hydrogen-bond acceptors (Lipinski definition) is 4. The fourth-order valence-corrected chi connectivity index (χ4v) is 3.34. The Balaban J connectivity index is 2.16. The zero-order chi connectivity index (χ0) is 13.0. The van der Waals surface area contributed by atoms with Crippen molar-refractivity contribution in [3.8, 4) is 0 Å².